The minimum atomic E-state index is -0.290. The van der Waals surface area contributed by atoms with Crippen LogP contribution in [0.15, 0.2) is 18.2 Å². The zero-order chi connectivity index (χ0) is 16.1. The van der Waals surface area contributed by atoms with Gasteiger partial charge in [0.05, 0.1) is 6.54 Å². The van der Waals surface area contributed by atoms with Crippen LogP contribution < -0.4 is 5.32 Å². The molecule has 0 saturated carbocycles. The minimum Gasteiger partial charge on any atom is -0.325 e. The Morgan fingerprint density at radius 2 is 2.14 bits per heavy atom. The third kappa shape index (κ3) is 4.78. The highest BCUT2D eigenvalue weighted by molar-refractivity contribution is 5.92. The number of carbonyl (C=O) groups is 1. The van der Waals surface area contributed by atoms with E-state index in [0.717, 1.165) is 25.9 Å². The van der Waals surface area contributed by atoms with Crippen LogP contribution in [0, 0.1) is 12.7 Å². The highest BCUT2D eigenvalue weighted by atomic mass is 19.1. The lowest BCUT2D eigenvalue weighted by Gasteiger charge is -2.23. The van der Waals surface area contributed by atoms with Crippen molar-refractivity contribution in [2.45, 2.75) is 32.2 Å². The van der Waals surface area contributed by atoms with Crippen molar-refractivity contribution < 1.29 is 9.18 Å². The van der Waals surface area contributed by atoms with E-state index in [1.807, 2.05) is 0 Å². The topological polar surface area (TPSA) is 35.6 Å². The largest absolute Gasteiger partial charge is 0.325 e. The predicted octanol–water partition coefficient (Wildman–Crippen LogP) is 2.49. The van der Waals surface area contributed by atoms with E-state index in [1.54, 1.807) is 19.1 Å². The van der Waals surface area contributed by atoms with Crippen molar-refractivity contribution in [3.8, 4) is 0 Å². The molecule has 0 aromatic heterocycles. The molecule has 22 heavy (non-hydrogen) atoms. The monoisotopic (exact) mass is 307 g/mol. The van der Waals surface area contributed by atoms with Gasteiger partial charge in [-0.1, -0.05) is 6.07 Å². The Bertz CT molecular complexity index is 519. The van der Waals surface area contributed by atoms with Gasteiger partial charge in [-0.3, -0.25) is 9.69 Å². The van der Waals surface area contributed by atoms with Crippen molar-refractivity contribution in [1.29, 1.82) is 0 Å². The van der Waals surface area contributed by atoms with E-state index >= 15 is 0 Å². The summed E-state index contributed by atoms with van der Waals surface area (Å²) in [5, 5.41) is 2.78. The van der Waals surface area contributed by atoms with Gasteiger partial charge in [-0.05, 0) is 64.5 Å². The lowest BCUT2D eigenvalue weighted by atomic mass is 10.1. The van der Waals surface area contributed by atoms with Crippen molar-refractivity contribution in [1.82, 2.24) is 9.80 Å². The van der Waals surface area contributed by atoms with Gasteiger partial charge in [0, 0.05) is 18.3 Å². The molecule has 2 rings (SSSR count). The molecule has 0 aliphatic carbocycles. The predicted molar refractivity (Wildman–Crippen MR) is 87.5 cm³/mol. The number of nitrogens with zero attached hydrogens (tertiary/aromatic N) is 2. The molecule has 1 fully saturated rings. The summed E-state index contributed by atoms with van der Waals surface area (Å²) in [5.74, 6) is -0.368. The summed E-state index contributed by atoms with van der Waals surface area (Å²) in [5.41, 5.74) is 1.11. The maximum Gasteiger partial charge on any atom is 0.238 e. The number of likely N-dealkylation sites (tertiary alicyclic amines) is 1. The van der Waals surface area contributed by atoms with E-state index in [-0.39, 0.29) is 11.7 Å². The maximum atomic E-state index is 13.5. The molecule has 0 spiro atoms. The molecule has 5 heteroatoms. The zero-order valence-corrected chi connectivity index (χ0v) is 13.7. The fourth-order valence-electron chi connectivity index (χ4n) is 2.89. The first-order valence-electron chi connectivity index (χ1n) is 7.90. The fraction of sp³-hybridized carbons (Fsp3) is 0.588. The zero-order valence-electron chi connectivity index (χ0n) is 13.7. The number of carbonyl (C=O) groups excluding carboxylic acids is 1. The minimum absolute atomic E-state index is 0.0773. The molecule has 1 aliphatic rings. The molecule has 1 heterocycles. The quantitative estimate of drug-likeness (QED) is 0.928. The Hall–Kier alpha value is -1.46. The molecule has 0 radical (unpaired) electrons. The second-order valence-electron chi connectivity index (χ2n) is 6.34. The van der Waals surface area contributed by atoms with Crippen LogP contribution in [0.4, 0.5) is 10.1 Å². The first-order chi connectivity index (χ1) is 10.5. The van der Waals surface area contributed by atoms with Crippen LogP contribution in [0.1, 0.15) is 24.8 Å². The van der Waals surface area contributed by atoms with Crippen molar-refractivity contribution in [2.24, 2.45) is 0 Å². The number of amides is 1. The van der Waals surface area contributed by atoms with Crippen LogP contribution in [-0.2, 0) is 4.79 Å². The lowest BCUT2D eigenvalue weighted by Crippen LogP contribution is -2.35. The molecule has 1 aromatic carbocycles. The van der Waals surface area contributed by atoms with Crippen LogP contribution >= 0.6 is 0 Å². The smallest absolute Gasteiger partial charge is 0.238 e. The van der Waals surface area contributed by atoms with Gasteiger partial charge in [0.15, 0.2) is 0 Å². The SMILES string of the molecule is Cc1ccc(NC(=O)CN2CCC[C@@H](N(C)C)CC2)cc1F. The number of nitrogens with one attached hydrogen (secondary N) is 1. The molecule has 0 unspecified atom stereocenters. The number of hydrogen-bond acceptors (Lipinski definition) is 3. The van der Waals surface area contributed by atoms with Crippen LogP contribution in [0.25, 0.3) is 0 Å². The fourth-order valence-corrected chi connectivity index (χ4v) is 2.89. The second kappa shape index (κ2) is 7.70. The molecule has 0 bridgehead atoms. The number of aryl methyl sites for hydroxylation is 1. The summed E-state index contributed by atoms with van der Waals surface area (Å²) in [4.78, 5) is 16.6. The van der Waals surface area contributed by atoms with Gasteiger partial charge < -0.3 is 10.2 Å². The Morgan fingerprint density at radius 3 is 2.82 bits per heavy atom. The summed E-state index contributed by atoms with van der Waals surface area (Å²) in [6.07, 6.45) is 3.36. The van der Waals surface area contributed by atoms with Crippen LogP contribution in [0.3, 0.4) is 0 Å². The molecule has 1 N–H and O–H groups in total. The van der Waals surface area contributed by atoms with E-state index < -0.39 is 0 Å². The summed E-state index contributed by atoms with van der Waals surface area (Å²) in [6, 6.07) is 5.39. The second-order valence-corrected chi connectivity index (χ2v) is 6.34. The molecule has 4 nitrogen and oxygen atoms in total. The van der Waals surface area contributed by atoms with Crippen LogP contribution in [0.5, 0.6) is 0 Å². The molecule has 1 atom stereocenters. The van der Waals surface area contributed by atoms with Crippen LogP contribution in [-0.4, -0.2) is 55.5 Å². The van der Waals surface area contributed by atoms with E-state index in [0.29, 0.717) is 23.8 Å². The average molecular weight is 307 g/mol. The summed E-state index contributed by atoms with van der Waals surface area (Å²) >= 11 is 0. The van der Waals surface area contributed by atoms with E-state index in [4.69, 9.17) is 0 Å². The third-order valence-electron chi connectivity index (χ3n) is 4.34. The Labute approximate surface area is 132 Å². The maximum absolute atomic E-state index is 13.5. The van der Waals surface area contributed by atoms with E-state index in [9.17, 15) is 9.18 Å². The highest BCUT2D eigenvalue weighted by Crippen LogP contribution is 2.16. The lowest BCUT2D eigenvalue weighted by molar-refractivity contribution is -0.117. The van der Waals surface area contributed by atoms with Gasteiger partial charge in [-0.25, -0.2) is 4.39 Å². The van der Waals surface area contributed by atoms with Gasteiger partial charge in [0.2, 0.25) is 5.91 Å². The number of benzene rings is 1. The molecular formula is C17H26FN3O. The standard InChI is InChI=1S/C17H26FN3O/c1-13-6-7-14(11-16(13)18)19-17(22)12-21-9-4-5-15(8-10-21)20(2)3/h6-7,11,15H,4-5,8-10,12H2,1-3H3,(H,19,22)/t15-/m1/s1. The van der Waals surface area contributed by atoms with E-state index in [2.05, 4.69) is 29.2 Å². The van der Waals surface area contributed by atoms with Crippen molar-refractivity contribution in [3.63, 3.8) is 0 Å². The Balaban J connectivity index is 1.85. The van der Waals surface area contributed by atoms with E-state index in [1.165, 1.54) is 12.5 Å². The summed E-state index contributed by atoms with van der Waals surface area (Å²) in [7, 11) is 4.22. The number of anilines is 1. The van der Waals surface area contributed by atoms with Crippen molar-refractivity contribution in [3.05, 3.63) is 29.6 Å². The number of hydrogen-bond donors (Lipinski definition) is 1. The van der Waals surface area contributed by atoms with Gasteiger partial charge >= 0.3 is 0 Å². The third-order valence-corrected chi connectivity index (χ3v) is 4.34. The summed E-state index contributed by atoms with van der Waals surface area (Å²) < 4.78 is 13.5. The van der Waals surface area contributed by atoms with Crippen LogP contribution in [0.2, 0.25) is 0 Å². The van der Waals surface area contributed by atoms with Crippen molar-refractivity contribution in [2.75, 3.05) is 39.0 Å². The van der Waals surface area contributed by atoms with Gasteiger partial charge in [-0.2, -0.15) is 0 Å². The average Bonchev–Trinajstić information content (AvgIpc) is 2.68. The molecule has 1 saturated heterocycles. The van der Waals surface area contributed by atoms with Crippen molar-refractivity contribution >= 4 is 11.6 Å². The highest BCUT2D eigenvalue weighted by Gasteiger charge is 2.19. The first kappa shape index (κ1) is 16.9. The van der Waals surface area contributed by atoms with Gasteiger partial charge in [0.1, 0.15) is 5.82 Å². The number of rotatable bonds is 4. The molecule has 1 aromatic rings. The van der Waals surface area contributed by atoms with Gasteiger partial charge in [-0.15, -0.1) is 0 Å². The summed E-state index contributed by atoms with van der Waals surface area (Å²) in [6.45, 7) is 3.95. The normalized spacial score (nSPS) is 20.0. The first-order valence-corrected chi connectivity index (χ1v) is 7.90. The Kier molecular flexibility index (Phi) is 5.91. The Morgan fingerprint density at radius 1 is 1.36 bits per heavy atom. The molecule has 1 amide bonds. The number of halogens is 1. The molecular weight excluding hydrogens is 281 g/mol. The van der Waals surface area contributed by atoms with Gasteiger partial charge in [0.25, 0.3) is 0 Å². The molecule has 122 valence electrons. The molecule has 1 aliphatic heterocycles.